The molecule has 0 aliphatic carbocycles. The van der Waals surface area contributed by atoms with Crippen molar-refractivity contribution < 1.29 is 19.1 Å². The standard InChI is InChI=1S/C16H14ClNO4S2/c1-4-5-18-15(20)13(24-16(18)23)8-10-6-11(17)14(22-9(2)19)12(7-10)21-3/h4,6-8H,1,5H2,2-3H3/b13-8-. The Balaban J connectivity index is 2.38. The quantitative estimate of drug-likeness (QED) is 0.254. The number of thioether (sulfide) groups is 1. The van der Waals surface area contributed by atoms with Crippen LogP contribution in [0.1, 0.15) is 12.5 Å². The van der Waals surface area contributed by atoms with Crippen molar-refractivity contribution in [1.82, 2.24) is 4.90 Å². The molecule has 0 saturated carbocycles. The second-order valence-electron chi connectivity index (χ2n) is 4.71. The molecule has 0 spiro atoms. The lowest BCUT2D eigenvalue weighted by Gasteiger charge is -2.11. The summed E-state index contributed by atoms with van der Waals surface area (Å²) in [5, 5.41) is 0.206. The lowest BCUT2D eigenvalue weighted by atomic mass is 10.1. The molecule has 24 heavy (non-hydrogen) atoms. The third kappa shape index (κ3) is 3.98. The highest BCUT2D eigenvalue weighted by Gasteiger charge is 2.31. The smallest absolute Gasteiger partial charge is 0.308 e. The minimum Gasteiger partial charge on any atom is -0.493 e. The summed E-state index contributed by atoms with van der Waals surface area (Å²) in [6.45, 7) is 5.24. The molecule has 0 bridgehead atoms. The minimum absolute atomic E-state index is 0.142. The zero-order valence-electron chi connectivity index (χ0n) is 13.0. The van der Waals surface area contributed by atoms with E-state index in [0.29, 0.717) is 27.1 Å². The lowest BCUT2D eigenvalue weighted by molar-refractivity contribution is -0.132. The van der Waals surface area contributed by atoms with Crippen LogP contribution >= 0.6 is 35.6 Å². The number of hydrogen-bond acceptors (Lipinski definition) is 6. The largest absolute Gasteiger partial charge is 0.493 e. The van der Waals surface area contributed by atoms with Gasteiger partial charge >= 0.3 is 5.97 Å². The Morgan fingerprint density at radius 3 is 2.79 bits per heavy atom. The van der Waals surface area contributed by atoms with Crippen molar-refractivity contribution in [3.05, 3.63) is 40.3 Å². The zero-order valence-corrected chi connectivity index (χ0v) is 15.4. The highest BCUT2D eigenvalue weighted by Crippen LogP contribution is 2.39. The van der Waals surface area contributed by atoms with Crippen LogP contribution in [0.15, 0.2) is 29.7 Å². The average molecular weight is 384 g/mol. The molecule has 126 valence electrons. The summed E-state index contributed by atoms with van der Waals surface area (Å²) >= 11 is 12.6. The van der Waals surface area contributed by atoms with E-state index in [2.05, 4.69) is 6.58 Å². The number of halogens is 1. The fraction of sp³-hybridized carbons (Fsp3) is 0.188. The Labute approximate surface area is 154 Å². The molecule has 1 aromatic carbocycles. The van der Waals surface area contributed by atoms with E-state index in [1.54, 1.807) is 24.3 Å². The van der Waals surface area contributed by atoms with Gasteiger partial charge in [0.1, 0.15) is 4.32 Å². The maximum Gasteiger partial charge on any atom is 0.308 e. The average Bonchev–Trinajstić information content (AvgIpc) is 2.77. The molecule has 0 atom stereocenters. The number of benzene rings is 1. The highest BCUT2D eigenvalue weighted by atomic mass is 35.5. The summed E-state index contributed by atoms with van der Waals surface area (Å²) in [5.41, 5.74) is 0.631. The number of nitrogens with zero attached hydrogens (tertiary/aromatic N) is 1. The second kappa shape index (κ2) is 7.83. The summed E-state index contributed by atoms with van der Waals surface area (Å²) in [6.07, 6.45) is 3.27. The number of methoxy groups -OCH3 is 1. The molecule has 1 heterocycles. The summed E-state index contributed by atoms with van der Waals surface area (Å²) in [5.74, 6) is -0.258. The molecule has 1 aliphatic rings. The molecular formula is C16H14ClNO4S2. The monoisotopic (exact) mass is 383 g/mol. The van der Waals surface area contributed by atoms with Crippen molar-refractivity contribution in [2.24, 2.45) is 0 Å². The van der Waals surface area contributed by atoms with E-state index in [4.69, 9.17) is 33.3 Å². The molecule has 1 aliphatic heterocycles. The number of ether oxygens (including phenoxy) is 2. The third-order valence-corrected chi connectivity index (χ3v) is 4.64. The van der Waals surface area contributed by atoms with E-state index in [0.717, 1.165) is 0 Å². The molecule has 2 rings (SSSR count). The van der Waals surface area contributed by atoms with Crippen LogP contribution in [0.3, 0.4) is 0 Å². The van der Waals surface area contributed by atoms with Crippen LogP contribution in [0.25, 0.3) is 6.08 Å². The number of thiocarbonyl (C=S) groups is 1. The molecule has 8 heteroatoms. The minimum atomic E-state index is -0.506. The molecule has 1 amide bonds. The van der Waals surface area contributed by atoms with Crippen LogP contribution in [0.2, 0.25) is 5.02 Å². The summed E-state index contributed by atoms with van der Waals surface area (Å²) in [7, 11) is 1.44. The van der Waals surface area contributed by atoms with Crippen molar-refractivity contribution in [3.63, 3.8) is 0 Å². The summed E-state index contributed by atoms with van der Waals surface area (Å²) in [4.78, 5) is 25.4. The fourth-order valence-electron chi connectivity index (χ4n) is 2.00. The van der Waals surface area contributed by atoms with Gasteiger partial charge in [0.25, 0.3) is 5.91 Å². The van der Waals surface area contributed by atoms with Crippen molar-refractivity contribution in [2.45, 2.75) is 6.92 Å². The predicted molar refractivity (Wildman–Crippen MR) is 99.4 cm³/mol. The number of hydrogen-bond donors (Lipinski definition) is 0. The second-order valence-corrected chi connectivity index (χ2v) is 6.79. The Morgan fingerprint density at radius 2 is 2.21 bits per heavy atom. The van der Waals surface area contributed by atoms with Gasteiger partial charge < -0.3 is 9.47 Å². The summed E-state index contributed by atoms with van der Waals surface area (Å²) in [6, 6.07) is 3.21. The molecule has 0 aromatic heterocycles. The molecule has 1 aromatic rings. The fourth-order valence-corrected chi connectivity index (χ4v) is 3.54. The molecule has 1 fully saturated rings. The van der Waals surface area contributed by atoms with E-state index in [9.17, 15) is 9.59 Å². The van der Waals surface area contributed by atoms with Crippen LogP contribution in [0.5, 0.6) is 11.5 Å². The van der Waals surface area contributed by atoms with E-state index in [1.165, 1.54) is 30.7 Å². The normalized spacial score (nSPS) is 15.8. The van der Waals surface area contributed by atoms with Crippen molar-refractivity contribution in [3.8, 4) is 11.5 Å². The molecule has 0 radical (unpaired) electrons. The van der Waals surface area contributed by atoms with Gasteiger partial charge in [-0.1, -0.05) is 41.7 Å². The summed E-state index contributed by atoms with van der Waals surface area (Å²) < 4.78 is 10.7. The maximum absolute atomic E-state index is 12.3. The van der Waals surface area contributed by atoms with Crippen molar-refractivity contribution >= 4 is 57.9 Å². The Morgan fingerprint density at radius 1 is 1.50 bits per heavy atom. The first-order chi connectivity index (χ1) is 11.4. The van der Waals surface area contributed by atoms with E-state index < -0.39 is 5.97 Å². The number of carbonyl (C=O) groups is 2. The van der Waals surface area contributed by atoms with Gasteiger partial charge in [-0.2, -0.15) is 0 Å². The Hall–Kier alpha value is -1.83. The number of amides is 1. The van der Waals surface area contributed by atoms with Crippen molar-refractivity contribution in [2.75, 3.05) is 13.7 Å². The molecule has 5 nitrogen and oxygen atoms in total. The van der Waals surface area contributed by atoms with Gasteiger partial charge in [-0.15, -0.1) is 6.58 Å². The van der Waals surface area contributed by atoms with Crippen LogP contribution in [-0.4, -0.2) is 34.8 Å². The number of rotatable bonds is 5. The van der Waals surface area contributed by atoms with E-state index >= 15 is 0 Å². The van der Waals surface area contributed by atoms with Crippen molar-refractivity contribution in [1.29, 1.82) is 0 Å². The zero-order chi connectivity index (χ0) is 17.9. The number of esters is 1. The van der Waals surface area contributed by atoms with Gasteiger partial charge in [0.05, 0.1) is 17.0 Å². The third-order valence-electron chi connectivity index (χ3n) is 2.98. The van der Waals surface area contributed by atoms with Gasteiger partial charge in [-0.3, -0.25) is 14.5 Å². The van der Waals surface area contributed by atoms with Gasteiger partial charge in [0.15, 0.2) is 11.5 Å². The SMILES string of the molecule is C=CCN1C(=O)/C(=C/c2cc(Cl)c(OC(C)=O)c(OC)c2)SC1=S. The first-order valence-electron chi connectivity index (χ1n) is 6.79. The number of carbonyl (C=O) groups excluding carboxylic acids is 2. The predicted octanol–water partition coefficient (Wildman–Crippen LogP) is 3.66. The Kier molecular flexibility index (Phi) is 6.04. The lowest BCUT2D eigenvalue weighted by Crippen LogP contribution is -2.27. The van der Waals surface area contributed by atoms with Gasteiger partial charge in [0, 0.05) is 13.5 Å². The topological polar surface area (TPSA) is 55.8 Å². The first kappa shape index (κ1) is 18.5. The highest BCUT2D eigenvalue weighted by molar-refractivity contribution is 8.26. The van der Waals surface area contributed by atoms with E-state index in [1.807, 2.05) is 0 Å². The van der Waals surface area contributed by atoms with Crippen LogP contribution in [0, 0.1) is 0 Å². The Bertz CT molecular complexity index is 761. The van der Waals surface area contributed by atoms with Crippen LogP contribution in [0.4, 0.5) is 0 Å². The van der Waals surface area contributed by atoms with Crippen LogP contribution < -0.4 is 9.47 Å². The maximum atomic E-state index is 12.3. The van der Waals surface area contributed by atoms with Gasteiger partial charge in [-0.05, 0) is 23.8 Å². The molecule has 0 N–H and O–H groups in total. The molecule has 0 unspecified atom stereocenters. The molecule has 1 saturated heterocycles. The van der Waals surface area contributed by atoms with Gasteiger partial charge in [0.2, 0.25) is 0 Å². The first-order valence-corrected chi connectivity index (χ1v) is 8.39. The molecular weight excluding hydrogens is 370 g/mol. The van der Waals surface area contributed by atoms with Gasteiger partial charge in [-0.25, -0.2) is 0 Å². The van der Waals surface area contributed by atoms with Crippen LogP contribution in [-0.2, 0) is 9.59 Å². The van der Waals surface area contributed by atoms with E-state index in [-0.39, 0.29) is 16.7 Å².